The van der Waals surface area contributed by atoms with Crippen LogP contribution in [0.25, 0.3) is 0 Å². The van der Waals surface area contributed by atoms with E-state index in [1.807, 2.05) is 0 Å². The number of nitrogens with two attached hydrogens (primary N) is 1. The normalized spacial score (nSPS) is 1.75. The van der Waals surface area contributed by atoms with Crippen molar-refractivity contribution in [2.45, 2.75) is 0 Å². The van der Waals surface area contributed by atoms with E-state index in [0.29, 0.717) is 0 Å². The van der Waals surface area contributed by atoms with Gasteiger partial charge in [0, 0.05) is 0 Å². The first-order chi connectivity index (χ1) is 1.41. The van der Waals surface area contributed by atoms with Gasteiger partial charge < -0.3 is 5.73 Å². The summed E-state index contributed by atoms with van der Waals surface area (Å²) in [5.41, 5.74) is 4.15. The first kappa shape index (κ1) is 8.87. The fraction of sp³-hybridized carbons (Fsp3) is 0. The molecule has 0 unspecified atom stereocenters. The van der Waals surface area contributed by atoms with E-state index in [1.54, 1.807) is 0 Å². The fourth-order valence-corrected chi connectivity index (χ4v) is 0. The molecule has 0 aliphatic carbocycles. The van der Waals surface area contributed by atoms with E-state index in [-0.39, 0.29) is 52.8 Å². The van der Waals surface area contributed by atoms with Crippen LogP contribution in [0.15, 0.2) is 0 Å². The summed E-state index contributed by atoms with van der Waals surface area (Å²) in [6.45, 7) is 0. The van der Waals surface area contributed by atoms with Crippen molar-refractivity contribution in [1.82, 2.24) is 0 Å². The zero-order chi connectivity index (χ0) is 2.71. The van der Waals surface area contributed by atoms with Gasteiger partial charge in [-0.3, -0.25) is 0 Å². The van der Waals surface area contributed by atoms with E-state index in [1.165, 1.54) is 6.19 Å². The first-order valence-corrected chi connectivity index (χ1v) is 0.512. The second-order valence-electron chi connectivity index (χ2n) is 0.129. The van der Waals surface area contributed by atoms with E-state index < -0.39 is 0 Å². The molecule has 0 aromatic heterocycles. The van der Waals surface area contributed by atoms with E-state index in [9.17, 15) is 0 Å². The Kier molecular flexibility index (Phi) is 20.1. The summed E-state index contributed by atoms with van der Waals surface area (Å²) in [6, 6.07) is 0. The minimum atomic E-state index is 0. The maximum absolute atomic E-state index is 7.10. The predicted octanol–water partition coefficient (Wildman–Crippen LogP) is -3.46. The first-order valence-electron chi connectivity index (χ1n) is 0.512. The Morgan fingerprint density at radius 3 is 2.00 bits per heavy atom. The molecule has 0 atom stereocenters. The monoisotopic (exact) mass is 82.0 g/mol. The van der Waals surface area contributed by atoms with Gasteiger partial charge in [0.15, 0.2) is 6.19 Å². The third-order valence-electron chi connectivity index (χ3n) is 0. The number of hydrogen-bond donors (Lipinski definition) is 1. The molecule has 0 saturated carbocycles. The van der Waals surface area contributed by atoms with Gasteiger partial charge in [-0.25, -0.2) is 0 Å². The van der Waals surface area contributed by atoms with Crippen LogP contribution < -0.4 is 57.1 Å². The number of hydrogen-bond acceptors (Lipinski definition) is 2. The summed E-state index contributed by atoms with van der Waals surface area (Å²) in [6.07, 6.45) is 1.25. The van der Waals surface area contributed by atoms with Gasteiger partial charge >= 0.3 is 52.8 Å². The second-order valence-corrected chi connectivity index (χ2v) is 0.129. The predicted molar refractivity (Wildman–Crippen MR) is 10.9 cm³/mol. The third kappa shape index (κ3) is 12.7. The van der Waals surface area contributed by atoms with Crippen molar-refractivity contribution in [3.63, 3.8) is 0 Å². The molecule has 0 aliphatic rings. The summed E-state index contributed by atoms with van der Waals surface area (Å²) < 4.78 is 0. The Morgan fingerprint density at radius 1 is 2.00 bits per heavy atom. The molecule has 2 nitrogen and oxygen atoms in total. The fourth-order valence-electron chi connectivity index (χ4n) is 0. The molecule has 0 saturated heterocycles. The molecule has 0 heterocycles. The van der Waals surface area contributed by atoms with Crippen molar-refractivity contribution in [3.05, 3.63) is 0 Å². The smallest absolute Gasteiger partial charge is 0.337 e. The van der Waals surface area contributed by atoms with Gasteiger partial charge in [-0.2, -0.15) is 5.26 Å². The van der Waals surface area contributed by atoms with Crippen molar-refractivity contribution in [2.75, 3.05) is 0 Å². The van der Waals surface area contributed by atoms with Gasteiger partial charge in [-0.1, -0.05) is 0 Å². The molecule has 0 spiro atoms. The Hall–Kier alpha value is 0.926. The number of rotatable bonds is 0. The Morgan fingerprint density at radius 2 is 2.00 bits per heavy atom. The molecule has 0 fully saturated rings. The van der Waals surface area contributed by atoms with Crippen molar-refractivity contribution in [2.24, 2.45) is 5.73 Å². The summed E-state index contributed by atoms with van der Waals surface area (Å²) in [5.74, 6) is 0. The van der Waals surface area contributed by atoms with Crippen molar-refractivity contribution < 1.29 is 52.8 Å². The van der Waals surface area contributed by atoms with Gasteiger partial charge in [-0.15, -0.1) is 0 Å². The van der Waals surface area contributed by atoms with E-state index in [2.05, 4.69) is 5.73 Å². The van der Waals surface area contributed by atoms with E-state index in [0.717, 1.165) is 0 Å². The van der Waals surface area contributed by atoms with Gasteiger partial charge in [-0.05, 0) is 0 Å². The Balaban J connectivity index is -0.0000000200. The average molecular weight is 82.1 g/mol. The number of nitriles is 1. The van der Waals surface area contributed by atoms with Gasteiger partial charge in [0.2, 0.25) is 0 Å². The molecule has 0 bridgehead atoms. The molecule has 3 heteroatoms. The van der Waals surface area contributed by atoms with Crippen molar-refractivity contribution >= 4 is 0 Å². The largest absolute Gasteiger partial charge is 1.00 e. The van der Waals surface area contributed by atoms with E-state index in [4.69, 9.17) is 5.26 Å². The molecule has 2 N–H and O–H groups in total. The van der Waals surface area contributed by atoms with Crippen LogP contribution in [-0.2, 0) is 0 Å². The van der Waals surface area contributed by atoms with Gasteiger partial charge in [0.05, 0.1) is 0 Å². The molecular formula is CH3KN2+2. The quantitative estimate of drug-likeness (QED) is 0.188. The maximum atomic E-state index is 7.10. The molecule has 16 valence electrons. The van der Waals surface area contributed by atoms with Crippen molar-refractivity contribution in [3.8, 4) is 6.19 Å². The minimum absolute atomic E-state index is 0. The molecule has 0 aromatic rings. The van der Waals surface area contributed by atoms with Gasteiger partial charge in [0.25, 0.3) is 0 Å². The van der Waals surface area contributed by atoms with Gasteiger partial charge in [0.1, 0.15) is 0 Å². The molecule has 0 aliphatic heterocycles. The molecule has 0 aromatic carbocycles. The summed E-state index contributed by atoms with van der Waals surface area (Å²) in [7, 11) is 0. The maximum Gasteiger partial charge on any atom is 1.00 e. The van der Waals surface area contributed by atoms with Crippen LogP contribution in [0.2, 0.25) is 0 Å². The number of nitrogens with zero attached hydrogens (tertiary/aromatic N) is 1. The zero-order valence-electron chi connectivity index (χ0n) is 3.52. The van der Waals surface area contributed by atoms with Crippen LogP contribution in [0.4, 0.5) is 0 Å². The molecule has 4 heavy (non-hydrogen) atoms. The van der Waals surface area contributed by atoms with Crippen molar-refractivity contribution in [1.29, 1.82) is 5.26 Å². The van der Waals surface area contributed by atoms with Crippen LogP contribution in [-0.4, -0.2) is 0 Å². The molecule has 0 rings (SSSR count). The topological polar surface area (TPSA) is 49.8 Å². The summed E-state index contributed by atoms with van der Waals surface area (Å²) >= 11 is 0. The molecular weight excluding hydrogens is 79.1 g/mol. The minimum Gasteiger partial charge on any atom is -0.337 e. The van der Waals surface area contributed by atoms with Crippen LogP contribution in [0.5, 0.6) is 0 Å². The third-order valence-corrected chi connectivity index (χ3v) is 0. The van der Waals surface area contributed by atoms with Crippen LogP contribution in [0.3, 0.4) is 0 Å². The Bertz CT molecular complexity index is 31.1. The summed E-state index contributed by atoms with van der Waals surface area (Å²) in [4.78, 5) is 0. The SMILES string of the molecule is N#CN.[H+].[K+]. The van der Waals surface area contributed by atoms with Crippen LogP contribution in [0, 0.1) is 11.5 Å². The Labute approximate surface area is 68.9 Å². The summed E-state index contributed by atoms with van der Waals surface area (Å²) in [5, 5.41) is 7.10. The zero-order valence-corrected chi connectivity index (χ0v) is 5.65. The average Bonchev–Trinajstić information content (AvgIpc) is 0.918. The standard InChI is InChI=1S/CH2N2.K/c2-1-3;/h2H2;/q;+1/p+1. The van der Waals surface area contributed by atoms with Crippen LogP contribution >= 0.6 is 0 Å². The molecule has 0 amide bonds. The molecule has 0 radical (unpaired) electrons. The van der Waals surface area contributed by atoms with Crippen LogP contribution in [0.1, 0.15) is 1.43 Å². The van der Waals surface area contributed by atoms with E-state index >= 15 is 0 Å². The second kappa shape index (κ2) is 9.06.